The molecule has 0 saturated carbocycles. The minimum Gasteiger partial charge on any atom is -0.454 e. The number of rotatable bonds is 4. The Morgan fingerprint density at radius 2 is 2.00 bits per heavy atom. The highest BCUT2D eigenvalue weighted by molar-refractivity contribution is 14.0. The molecule has 8 heteroatoms. The lowest BCUT2D eigenvalue weighted by atomic mass is 10.2. The largest absolute Gasteiger partial charge is 0.454 e. The standard InChI is InChI=1S/C15H16BrN3O2S.HI/c1-17-15(19-7-12-5-11(16)8-22-12)18-6-10-2-3-13-14(4-10)21-9-20-13;/h2-5,8H,6-7,9H2,1H3,(H2,17,18,19);1H. The predicted octanol–water partition coefficient (Wildman–Crippen LogP) is 3.72. The summed E-state index contributed by atoms with van der Waals surface area (Å²) in [7, 11) is 1.76. The second-order valence-corrected chi connectivity index (χ2v) is 6.61. The number of hydrogen-bond donors (Lipinski definition) is 2. The van der Waals surface area contributed by atoms with Crippen LogP contribution >= 0.6 is 51.2 Å². The van der Waals surface area contributed by atoms with Gasteiger partial charge >= 0.3 is 0 Å². The van der Waals surface area contributed by atoms with Crippen molar-refractivity contribution in [2.45, 2.75) is 13.1 Å². The van der Waals surface area contributed by atoms with Gasteiger partial charge in [-0.05, 0) is 39.7 Å². The van der Waals surface area contributed by atoms with Crippen molar-refractivity contribution in [1.82, 2.24) is 10.6 Å². The molecule has 0 atom stereocenters. The Hall–Kier alpha value is -1.000. The second kappa shape index (κ2) is 8.74. The number of guanidine groups is 1. The number of benzene rings is 1. The van der Waals surface area contributed by atoms with Crippen molar-refractivity contribution in [1.29, 1.82) is 0 Å². The van der Waals surface area contributed by atoms with Crippen LogP contribution in [0.25, 0.3) is 0 Å². The number of hydrogen-bond acceptors (Lipinski definition) is 4. The molecule has 124 valence electrons. The van der Waals surface area contributed by atoms with Crippen molar-refractivity contribution >= 4 is 57.2 Å². The van der Waals surface area contributed by atoms with Gasteiger partial charge in [0.05, 0.1) is 6.54 Å². The molecular formula is C15H17BrIN3O2S. The third-order valence-electron chi connectivity index (χ3n) is 3.17. The molecule has 1 aromatic carbocycles. The Morgan fingerprint density at radius 3 is 2.74 bits per heavy atom. The maximum absolute atomic E-state index is 5.38. The van der Waals surface area contributed by atoms with Crippen molar-refractivity contribution in [3.05, 3.63) is 44.6 Å². The molecule has 0 bridgehead atoms. The lowest BCUT2D eigenvalue weighted by Crippen LogP contribution is -2.36. The summed E-state index contributed by atoms with van der Waals surface area (Å²) in [6, 6.07) is 8.03. The molecule has 5 nitrogen and oxygen atoms in total. The van der Waals surface area contributed by atoms with Crippen molar-refractivity contribution in [2.24, 2.45) is 4.99 Å². The number of halogens is 2. The van der Waals surface area contributed by atoms with Crippen LogP contribution in [-0.4, -0.2) is 19.8 Å². The van der Waals surface area contributed by atoms with Crippen LogP contribution in [0, 0.1) is 0 Å². The Labute approximate surface area is 164 Å². The first-order valence-corrected chi connectivity index (χ1v) is 8.48. The highest BCUT2D eigenvalue weighted by Gasteiger charge is 2.13. The number of thiophene rings is 1. The highest BCUT2D eigenvalue weighted by Crippen LogP contribution is 2.32. The molecule has 3 rings (SSSR count). The van der Waals surface area contributed by atoms with E-state index in [1.165, 1.54) is 4.88 Å². The van der Waals surface area contributed by atoms with Crippen molar-refractivity contribution < 1.29 is 9.47 Å². The van der Waals surface area contributed by atoms with Gasteiger partial charge in [-0.3, -0.25) is 4.99 Å². The Morgan fingerprint density at radius 1 is 1.22 bits per heavy atom. The zero-order valence-electron chi connectivity index (χ0n) is 12.5. The minimum absolute atomic E-state index is 0. The van der Waals surface area contributed by atoms with Gasteiger partial charge in [0.1, 0.15) is 0 Å². The van der Waals surface area contributed by atoms with E-state index in [2.05, 4.69) is 43.0 Å². The summed E-state index contributed by atoms with van der Waals surface area (Å²) in [5.74, 6) is 2.36. The van der Waals surface area contributed by atoms with Crippen LogP contribution in [0.5, 0.6) is 11.5 Å². The van der Waals surface area contributed by atoms with E-state index >= 15 is 0 Å². The number of nitrogens with one attached hydrogen (secondary N) is 2. The fourth-order valence-electron chi connectivity index (χ4n) is 2.07. The van der Waals surface area contributed by atoms with Gasteiger partial charge in [0, 0.05) is 28.3 Å². The molecule has 0 amide bonds. The van der Waals surface area contributed by atoms with Crippen molar-refractivity contribution in [3.8, 4) is 11.5 Å². The average molecular weight is 510 g/mol. The SMILES string of the molecule is CN=C(NCc1ccc2c(c1)OCO2)NCc1cc(Br)cs1.I. The average Bonchev–Trinajstić information content (AvgIpc) is 3.15. The van der Waals surface area contributed by atoms with Crippen LogP contribution < -0.4 is 20.1 Å². The quantitative estimate of drug-likeness (QED) is 0.374. The monoisotopic (exact) mass is 509 g/mol. The molecule has 0 unspecified atom stereocenters. The molecule has 23 heavy (non-hydrogen) atoms. The Balaban J connectivity index is 0.00000192. The normalized spacial score (nSPS) is 12.7. The van der Waals surface area contributed by atoms with E-state index in [-0.39, 0.29) is 24.0 Å². The van der Waals surface area contributed by atoms with Gasteiger partial charge in [0.15, 0.2) is 17.5 Å². The summed E-state index contributed by atoms with van der Waals surface area (Å²) in [6.45, 7) is 1.72. The Kier molecular flexibility index (Phi) is 6.97. The maximum atomic E-state index is 5.38. The summed E-state index contributed by atoms with van der Waals surface area (Å²) in [5, 5.41) is 8.65. The molecule has 2 N–H and O–H groups in total. The lowest BCUT2D eigenvalue weighted by Gasteiger charge is -2.11. The third kappa shape index (κ3) is 4.98. The maximum Gasteiger partial charge on any atom is 0.231 e. The van der Waals surface area contributed by atoms with Gasteiger partial charge in [-0.1, -0.05) is 6.07 Å². The molecule has 0 fully saturated rings. The molecule has 0 aliphatic carbocycles. The lowest BCUT2D eigenvalue weighted by molar-refractivity contribution is 0.174. The fraction of sp³-hybridized carbons (Fsp3) is 0.267. The predicted molar refractivity (Wildman–Crippen MR) is 107 cm³/mol. The number of fused-ring (bicyclic) bond motifs is 1. The number of nitrogens with zero attached hydrogens (tertiary/aromatic N) is 1. The van der Waals surface area contributed by atoms with Crippen molar-refractivity contribution in [3.63, 3.8) is 0 Å². The molecule has 1 aliphatic rings. The van der Waals surface area contributed by atoms with E-state index in [9.17, 15) is 0 Å². The first kappa shape index (κ1) is 18.3. The molecule has 2 heterocycles. The van der Waals surface area contributed by atoms with Gasteiger partial charge < -0.3 is 20.1 Å². The van der Waals surface area contributed by atoms with Gasteiger partial charge in [-0.25, -0.2) is 0 Å². The molecule has 2 aromatic rings. The summed E-state index contributed by atoms with van der Waals surface area (Å²) in [4.78, 5) is 5.48. The number of aliphatic imine (C=N–C) groups is 1. The van der Waals surface area contributed by atoms with E-state index in [4.69, 9.17) is 9.47 Å². The Bertz CT molecular complexity index is 693. The topological polar surface area (TPSA) is 54.9 Å². The van der Waals surface area contributed by atoms with Crippen LogP contribution in [0.1, 0.15) is 10.4 Å². The van der Waals surface area contributed by atoms with E-state index in [1.54, 1.807) is 18.4 Å². The van der Waals surface area contributed by atoms with Crippen molar-refractivity contribution in [2.75, 3.05) is 13.8 Å². The van der Waals surface area contributed by atoms with Gasteiger partial charge in [-0.15, -0.1) is 35.3 Å². The summed E-state index contributed by atoms with van der Waals surface area (Å²) >= 11 is 5.16. The molecular weight excluding hydrogens is 493 g/mol. The molecule has 0 saturated heterocycles. The first-order chi connectivity index (χ1) is 10.7. The van der Waals surface area contributed by atoms with E-state index in [1.807, 2.05) is 18.2 Å². The van der Waals surface area contributed by atoms with E-state index in [0.717, 1.165) is 34.0 Å². The summed E-state index contributed by atoms with van der Waals surface area (Å²) in [5.41, 5.74) is 1.12. The minimum atomic E-state index is 0. The molecule has 0 spiro atoms. The zero-order chi connectivity index (χ0) is 15.4. The van der Waals surface area contributed by atoms with Crippen LogP contribution in [0.15, 0.2) is 39.1 Å². The van der Waals surface area contributed by atoms with E-state index in [0.29, 0.717) is 13.3 Å². The van der Waals surface area contributed by atoms with Crippen LogP contribution in [0.2, 0.25) is 0 Å². The van der Waals surface area contributed by atoms with E-state index < -0.39 is 0 Å². The molecule has 1 aliphatic heterocycles. The number of ether oxygens (including phenoxy) is 2. The van der Waals surface area contributed by atoms with Gasteiger partial charge in [0.25, 0.3) is 0 Å². The van der Waals surface area contributed by atoms with Crippen LogP contribution in [-0.2, 0) is 13.1 Å². The third-order valence-corrected chi connectivity index (χ3v) is 4.87. The fourth-order valence-corrected chi connectivity index (χ4v) is 3.47. The van der Waals surface area contributed by atoms with Gasteiger partial charge in [-0.2, -0.15) is 0 Å². The highest BCUT2D eigenvalue weighted by atomic mass is 127. The zero-order valence-corrected chi connectivity index (χ0v) is 17.2. The summed E-state index contributed by atoms with van der Waals surface area (Å²) < 4.78 is 11.8. The molecule has 0 radical (unpaired) electrons. The molecule has 1 aromatic heterocycles. The summed E-state index contributed by atoms with van der Waals surface area (Å²) in [6.07, 6.45) is 0. The first-order valence-electron chi connectivity index (χ1n) is 6.80. The van der Waals surface area contributed by atoms with Gasteiger partial charge in [0.2, 0.25) is 6.79 Å². The second-order valence-electron chi connectivity index (χ2n) is 4.70. The van der Waals surface area contributed by atoms with Crippen LogP contribution in [0.4, 0.5) is 0 Å². The smallest absolute Gasteiger partial charge is 0.231 e. The van der Waals surface area contributed by atoms with Crippen LogP contribution in [0.3, 0.4) is 0 Å².